The molecule has 2 heterocycles. The molecule has 3 atom stereocenters. The minimum Gasteiger partial charge on any atom is -0.495 e. The second-order valence-corrected chi connectivity index (χ2v) is 11.3. The summed E-state index contributed by atoms with van der Waals surface area (Å²) in [6.07, 6.45) is 3.54. The zero-order chi connectivity index (χ0) is 30.7. The number of likely N-dealkylation sites (N-methyl/N-ethyl adjacent to an activating group) is 1. The van der Waals surface area contributed by atoms with Crippen LogP contribution in [0.5, 0.6) is 5.75 Å². The number of carbonyl (C=O) groups is 2. The fourth-order valence-electron chi connectivity index (χ4n) is 5.78. The van der Waals surface area contributed by atoms with Crippen LogP contribution in [0.2, 0.25) is 0 Å². The first-order valence-corrected chi connectivity index (χ1v) is 14.3. The maximum absolute atomic E-state index is 14.7. The minimum atomic E-state index is -3.23. The standard InChI is InChI=1S/C31H37F2N7O3/c1-18(41)35-27-22-10-6-5-8-19(22)14-25(27)37-28-23(31(2,32)33)16-34-30(39-28)38-24-12-11-20(15-26(24)43-4)29(42)36-21-9-7-13-40(3)17-21/h5-6,8,10-12,15-16,21,25,27H,7,9,13-14,17H2,1-4H3,(H,35,41)(H,36,42)(H2,34,37,38,39). The van der Waals surface area contributed by atoms with E-state index in [2.05, 4.69) is 36.1 Å². The fraction of sp³-hybridized carbons (Fsp3) is 0.419. The summed E-state index contributed by atoms with van der Waals surface area (Å²) >= 11 is 0. The number of ether oxygens (including phenoxy) is 1. The van der Waals surface area contributed by atoms with Crippen LogP contribution in [0.15, 0.2) is 48.7 Å². The number of benzene rings is 2. The smallest absolute Gasteiger partial charge is 0.275 e. The van der Waals surface area contributed by atoms with E-state index in [1.165, 1.54) is 14.0 Å². The number of hydrogen-bond donors (Lipinski definition) is 4. The number of carbonyl (C=O) groups excluding carboxylic acids is 2. The van der Waals surface area contributed by atoms with E-state index >= 15 is 0 Å². The molecule has 2 aliphatic rings. The Morgan fingerprint density at radius 2 is 1.93 bits per heavy atom. The SMILES string of the molecule is COc1cc(C(=O)NC2CCCN(C)C2)ccc1Nc1ncc(C(C)(F)F)c(NC2Cc3ccccc3C2NC(C)=O)n1. The number of hydrogen-bond acceptors (Lipinski definition) is 8. The fourth-order valence-corrected chi connectivity index (χ4v) is 5.78. The number of fused-ring (bicyclic) bond motifs is 1. The summed E-state index contributed by atoms with van der Waals surface area (Å²) in [5.41, 5.74) is 2.47. The quantitative estimate of drug-likeness (QED) is 0.289. The average molecular weight is 594 g/mol. The number of nitrogens with one attached hydrogen (secondary N) is 4. The molecule has 0 spiro atoms. The molecule has 10 nitrogen and oxygen atoms in total. The second kappa shape index (κ2) is 12.5. The molecule has 1 aliphatic carbocycles. The summed E-state index contributed by atoms with van der Waals surface area (Å²) in [7, 11) is 3.51. The van der Waals surface area contributed by atoms with E-state index in [1.807, 2.05) is 31.3 Å². The Morgan fingerprint density at radius 1 is 1.14 bits per heavy atom. The number of methoxy groups -OCH3 is 1. The first-order chi connectivity index (χ1) is 20.5. The van der Waals surface area contributed by atoms with Gasteiger partial charge >= 0.3 is 0 Å². The summed E-state index contributed by atoms with van der Waals surface area (Å²) in [6, 6.07) is 11.8. The van der Waals surface area contributed by atoms with Crippen molar-refractivity contribution in [2.24, 2.45) is 0 Å². The second-order valence-electron chi connectivity index (χ2n) is 11.3. The van der Waals surface area contributed by atoms with Crippen LogP contribution >= 0.6 is 0 Å². The lowest BCUT2D eigenvalue weighted by molar-refractivity contribution is -0.119. The minimum absolute atomic E-state index is 0.0504. The van der Waals surface area contributed by atoms with Gasteiger partial charge in [0.2, 0.25) is 11.9 Å². The maximum Gasteiger partial charge on any atom is 0.275 e. The van der Waals surface area contributed by atoms with Gasteiger partial charge in [0, 0.05) is 38.2 Å². The molecule has 1 fully saturated rings. The van der Waals surface area contributed by atoms with E-state index in [9.17, 15) is 18.4 Å². The van der Waals surface area contributed by atoms with E-state index < -0.39 is 18.0 Å². The van der Waals surface area contributed by atoms with E-state index in [4.69, 9.17) is 4.74 Å². The lowest BCUT2D eigenvalue weighted by Crippen LogP contribution is -2.46. The first kappa shape index (κ1) is 30.1. The molecule has 1 aromatic heterocycles. The highest BCUT2D eigenvalue weighted by Crippen LogP contribution is 2.37. The topological polar surface area (TPSA) is 121 Å². The molecule has 4 N–H and O–H groups in total. The molecule has 1 aliphatic heterocycles. The van der Waals surface area contributed by atoms with E-state index in [0.29, 0.717) is 23.4 Å². The molecule has 1 saturated heterocycles. The summed E-state index contributed by atoms with van der Waals surface area (Å²) in [5, 5.41) is 12.2. The van der Waals surface area contributed by atoms with Crippen molar-refractivity contribution in [1.29, 1.82) is 0 Å². The van der Waals surface area contributed by atoms with Crippen LogP contribution in [0.3, 0.4) is 0 Å². The number of nitrogens with zero attached hydrogens (tertiary/aromatic N) is 3. The van der Waals surface area contributed by atoms with Crippen molar-refractivity contribution in [2.75, 3.05) is 37.9 Å². The number of likely N-dealkylation sites (tertiary alicyclic amines) is 1. The highest BCUT2D eigenvalue weighted by atomic mass is 19.3. The number of amides is 2. The molecule has 12 heteroatoms. The van der Waals surface area contributed by atoms with Gasteiger partial charge < -0.3 is 30.9 Å². The molecule has 5 rings (SSSR count). The number of rotatable bonds is 9. The van der Waals surface area contributed by atoms with Crippen LogP contribution in [0.25, 0.3) is 0 Å². The van der Waals surface area contributed by atoms with E-state index in [1.54, 1.807) is 18.2 Å². The zero-order valence-electron chi connectivity index (χ0n) is 24.7. The van der Waals surface area contributed by atoms with Crippen molar-refractivity contribution in [3.8, 4) is 5.75 Å². The van der Waals surface area contributed by atoms with Gasteiger partial charge in [-0.15, -0.1) is 0 Å². The highest BCUT2D eigenvalue weighted by molar-refractivity contribution is 5.95. The molecule has 0 radical (unpaired) electrons. The zero-order valence-corrected chi connectivity index (χ0v) is 24.7. The van der Waals surface area contributed by atoms with Crippen LogP contribution in [-0.4, -0.2) is 66.0 Å². The summed E-state index contributed by atoms with van der Waals surface area (Å²) < 4.78 is 34.9. The van der Waals surface area contributed by atoms with E-state index in [-0.39, 0.29) is 35.2 Å². The van der Waals surface area contributed by atoms with Crippen molar-refractivity contribution in [3.05, 3.63) is 70.9 Å². The van der Waals surface area contributed by atoms with Crippen LogP contribution in [0.1, 0.15) is 59.8 Å². The average Bonchev–Trinajstić information content (AvgIpc) is 3.28. The van der Waals surface area contributed by atoms with Gasteiger partial charge in [-0.05, 0) is 62.2 Å². The Hall–Kier alpha value is -4.32. The van der Waals surface area contributed by atoms with Crippen LogP contribution in [0, 0.1) is 0 Å². The number of aromatic nitrogens is 2. The molecule has 43 heavy (non-hydrogen) atoms. The van der Waals surface area contributed by atoms with Crippen LogP contribution in [-0.2, 0) is 17.1 Å². The Bertz CT molecular complexity index is 1500. The summed E-state index contributed by atoms with van der Waals surface area (Å²) in [6.45, 7) is 4.02. The van der Waals surface area contributed by atoms with Crippen LogP contribution < -0.4 is 26.0 Å². The van der Waals surface area contributed by atoms with Gasteiger partial charge in [-0.2, -0.15) is 4.98 Å². The Kier molecular flexibility index (Phi) is 8.77. The van der Waals surface area contributed by atoms with Crippen LogP contribution in [0.4, 0.5) is 26.2 Å². The predicted molar refractivity (Wildman–Crippen MR) is 160 cm³/mol. The molecule has 0 bridgehead atoms. The molecule has 2 aromatic carbocycles. The van der Waals surface area contributed by atoms with Crippen molar-refractivity contribution >= 4 is 29.3 Å². The molecule has 2 amide bonds. The third kappa shape index (κ3) is 7.02. The summed E-state index contributed by atoms with van der Waals surface area (Å²) in [5.74, 6) is -3.28. The number of alkyl halides is 2. The van der Waals surface area contributed by atoms with Crippen molar-refractivity contribution in [2.45, 2.75) is 57.2 Å². The highest BCUT2D eigenvalue weighted by Gasteiger charge is 2.36. The Labute approximate surface area is 249 Å². The Balaban J connectivity index is 1.38. The van der Waals surface area contributed by atoms with Gasteiger partial charge in [-0.25, -0.2) is 13.8 Å². The molecule has 228 valence electrons. The van der Waals surface area contributed by atoms with Gasteiger partial charge in [-0.1, -0.05) is 24.3 Å². The van der Waals surface area contributed by atoms with Crippen molar-refractivity contribution < 1.29 is 23.1 Å². The van der Waals surface area contributed by atoms with Crippen molar-refractivity contribution in [1.82, 2.24) is 25.5 Å². The van der Waals surface area contributed by atoms with Gasteiger partial charge in [0.1, 0.15) is 11.6 Å². The number of anilines is 3. The summed E-state index contributed by atoms with van der Waals surface area (Å²) in [4.78, 5) is 35.7. The Morgan fingerprint density at radius 3 is 2.65 bits per heavy atom. The predicted octanol–water partition coefficient (Wildman–Crippen LogP) is 4.38. The van der Waals surface area contributed by atoms with Gasteiger partial charge in [-0.3, -0.25) is 9.59 Å². The third-order valence-corrected chi connectivity index (χ3v) is 7.84. The molecular weight excluding hydrogens is 556 g/mol. The normalized spacial score (nSPS) is 20.2. The monoisotopic (exact) mass is 593 g/mol. The lowest BCUT2D eigenvalue weighted by Gasteiger charge is -2.30. The largest absolute Gasteiger partial charge is 0.495 e. The third-order valence-electron chi connectivity index (χ3n) is 7.84. The first-order valence-electron chi connectivity index (χ1n) is 14.3. The molecule has 3 aromatic rings. The molecular formula is C31H37F2N7O3. The maximum atomic E-state index is 14.7. The van der Waals surface area contributed by atoms with Gasteiger partial charge in [0.25, 0.3) is 11.8 Å². The van der Waals surface area contributed by atoms with E-state index in [0.717, 1.165) is 50.2 Å². The van der Waals surface area contributed by atoms with Crippen molar-refractivity contribution in [3.63, 3.8) is 0 Å². The number of halogens is 2. The number of piperidine rings is 1. The molecule has 0 saturated carbocycles. The lowest BCUT2D eigenvalue weighted by atomic mass is 10.1. The molecule has 3 unspecified atom stereocenters. The van der Waals surface area contributed by atoms with Gasteiger partial charge in [0.15, 0.2) is 0 Å². The van der Waals surface area contributed by atoms with Gasteiger partial charge in [0.05, 0.1) is 30.4 Å².